The third-order valence-corrected chi connectivity index (χ3v) is 13.2. The lowest BCUT2D eigenvalue weighted by molar-refractivity contribution is -0.189. The van der Waals surface area contributed by atoms with Crippen LogP contribution >= 0.6 is 0 Å². The van der Waals surface area contributed by atoms with Gasteiger partial charge in [0.2, 0.25) is 5.60 Å². The van der Waals surface area contributed by atoms with E-state index in [4.69, 9.17) is 23.9 Å². The molecule has 1 atom stereocenters. The van der Waals surface area contributed by atoms with Crippen LogP contribution in [0.2, 0.25) is 13.1 Å². The fourth-order valence-corrected chi connectivity index (χ4v) is 11.1. The molecule has 2 amide bonds. The number of cyclic esters (lactones) is 1. The number of hydrogen-bond acceptors (Lipinski definition) is 10. The minimum absolute atomic E-state index is 0.0251. The lowest BCUT2D eigenvalue weighted by Gasteiger charge is -2.35. The minimum atomic E-state index is -2.42. The van der Waals surface area contributed by atoms with Crippen LogP contribution < -0.4 is 21.4 Å². The van der Waals surface area contributed by atoms with E-state index in [0.29, 0.717) is 22.6 Å². The number of amides is 2. The van der Waals surface area contributed by atoms with Crippen molar-refractivity contribution in [2.75, 3.05) is 11.9 Å². The zero-order chi connectivity index (χ0) is 41.5. The summed E-state index contributed by atoms with van der Waals surface area (Å²) in [5.41, 5.74) is 1.41. The van der Waals surface area contributed by atoms with Crippen molar-refractivity contribution in [3.8, 4) is 11.4 Å². The molecule has 13 nitrogen and oxygen atoms in total. The van der Waals surface area contributed by atoms with Crippen LogP contribution in [0.3, 0.4) is 0 Å². The van der Waals surface area contributed by atoms with E-state index >= 15 is 0 Å². The second-order valence-corrected chi connectivity index (χ2v) is 21.9. The first-order chi connectivity index (χ1) is 26.7. The number of ether oxygens (including phenoxy) is 4. The number of alkyl carbamates (subject to hydrolysis) is 1. The van der Waals surface area contributed by atoms with Gasteiger partial charge < -0.3 is 28.8 Å². The van der Waals surface area contributed by atoms with Crippen molar-refractivity contribution < 1.29 is 38.1 Å². The molecular weight excluding hydrogens is 745 g/mol. The Balaban J connectivity index is 1.41. The normalized spacial score (nSPS) is 16.2. The molecule has 6 rings (SSSR count). The average molecular weight is 797 g/mol. The Labute approximate surface area is 333 Å². The summed E-state index contributed by atoms with van der Waals surface area (Å²) >= 11 is 0. The maximum Gasteiger partial charge on any atom is 0.412 e. The molecule has 0 bridgehead atoms. The maximum absolute atomic E-state index is 14.5. The number of benzene rings is 2. The third-order valence-electron chi connectivity index (χ3n) is 9.98. The van der Waals surface area contributed by atoms with Crippen LogP contribution in [0.4, 0.5) is 15.3 Å². The van der Waals surface area contributed by atoms with Crippen LogP contribution in [-0.4, -0.2) is 59.5 Å². The molecule has 2 N–H and O–H groups in total. The van der Waals surface area contributed by atoms with Crippen molar-refractivity contribution in [3.05, 3.63) is 87.2 Å². The van der Waals surface area contributed by atoms with Crippen LogP contribution in [0.5, 0.6) is 0 Å². The van der Waals surface area contributed by atoms with E-state index in [1.807, 2.05) is 30.3 Å². The first-order valence-corrected chi connectivity index (χ1v) is 22.6. The third kappa shape index (κ3) is 8.75. The Morgan fingerprint density at radius 3 is 2.28 bits per heavy atom. The number of carbonyl (C=O) groups excluding carboxylic acids is 4. The molecule has 0 radical (unpaired) electrons. The Morgan fingerprint density at radius 1 is 0.930 bits per heavy atom. The number of esters is 2. The number of rotatable bonds is 10. The molecule has 0 saturated carbocycles. The van der Waals surface area contributed by atoms with E-state index in [-0.39, 0.29) is 55.6 Å². The molecule has 14 heteroatoms. The van der Waals surface area contributed by atoms with Gasteiger partial charge in [-0.3, -0.25) is 14.9 Å². The first kappa shape index (κ1) is 41.1. The molecule has 0 fully saturated rings. The van der Waals surface area contributed by atoms with Crippen LogP contribution in [0.15, 0.2) is 59.4 Å². The fourth-order valence-electron chi connectivity index (χ4n) is 7.69. The van der Waals surface area contributed by atoms with Crippen molar-refractivity contribution in [1.29, 1.82) is 0 Å². The molecule has 0 unspecified atom stereocenters. The summed E-state index contributed by atoms with van der Waals surface area (Å²) in [7, 11) is -2.42. The summed E-state index contributed by atoms with van der Waals surface area (Å²) in [5, 5.41) is 7.46. The molecular formula is C43H52N4O9Si. The Hall–Kier alpha value is -5.50. The van der Waals surface area contributed by atoms with Gasteiger partial charge in [0.15, 0.2) is 0 Å². The SMILES string of the molecule is CC[C@@]1(OC(=O)CCCNC(=O)OC(C)(C)C)C(=O)OCc2c1cc1n(c2=O)Cc2c-1nc1ccc(NC(=O)OC(C)(C)C)cc1c2[Si](C)(C)Cc1ccccc1. The van der Waals surface area contributed by atoms with E-state index in [1.165, 1.54) is 5.56 Å². The molecule has 0 aliphatic carbocycles. The zero-order valence-corrected chi connectivity index (χ0v) is 35.2. The molecule has 2 aliphatic rings. The van der Waals surface area contributed by atoms with E-state index in [1.54, 1.807) is 65.2 Å². The van der Waals surface area contributed by atoms with Gasteiger partial charge >= 0.3 is 24.1 Å². The van der Waals surface area contributed by atoms with Crippen molar-refractivity contribution >= 4 is 54.0 Å². The molecule has 0 saturated heterocycles. The van der Waals surface area contributed by atoms with E-state index in [9.17, 15) is 24.0 Å². The highest BCUT2D eigenvalue weighted by molar-refractivity contribution is 6.91. The van der Waals surface area contributed by atoms with Crippen molar-refractivity contribution in [3.63, 3.8) is 0 Å². The highest BCUT2D eigenvalue weighted by atomic mass is 28.3. The van der Waals surface area contributed by atoms with Gasteiger partial charge in [-0.2, -0.15) is 0 Å². The summed E-state index contributed by atoms with van der Waals surface area (Å²) in [4.78, 5) is 71.5. The zero-order valence-electron chi connectivity index (χ0n) is 34.2. The fraction of sp³-hybridized carbons (Fsp3) is 0.442. The highest BCUT2D eigenvalue weighted by Gasteiger charge is 2.50. The van der Waals surface area contributed by atoms with Crippen LogP contribution in [0.25, 0.3) is 22.3 Å². The minimum Gasteiger partial charge on any atom is -0.457 e. The van der Waals surface area contributed by atoms with Gasteiger partial charge in [0.1, 0.15) is 17.8 Å². The van der Waals surface area contributed by atoms with Crippen molar-refractivity contribution in [2.24, 2.45) is 0 Å². The number of anilines is 1. The number of carbonyl (C=O) groups is 4. The van der Waals surface area contributed by atoms with Crippen molar-refractivity contribution in [2.45, 2.75) is 117 Å². The highest BCUT2D eigenvalue weighted by Crippen LogP contribution is 2.41. The van der Waals surface area contributed by atoms with Gasteiger partial charge in [-0.25, -0.2) is 19.4 Å². The van der Waals surface area contributed by atoms with Gasteiger partial charge in [0.05, 0.1) is 37.1 Å². The summed E-state index contributed by atoms with van der Waals surface area (Å²) in [6.45, 7) is 17.1. The Morgan fingerprint density at radius 2 is 1.61 bits per heavy atom. The molecule has 2 aromatic carbocycles. The van der Waals surface area contributed by atoms with Crippen LogP contribution in [0, 0.1) is 0 Å². The van der Waals surface area contributed by atoms with Crippen LogP contribution in [0.1, 0.15) is 90.0 Å². The predicted octanol–water partition coefficient (Wildman–Crippen LogP) is 6.98. The average Bonchev–Trinajstić information content (AvgIpc) is 3.47. The number of hydrogen-bond donors (Lipinski definition) is 2. The van der Waals surface area contributed by atoms with E-state index in [0.717, 1.165) is 22.2 Å². The first-order valence-electron chi connectivity index (χ1n) is 19.4. The van der Waals surface area contributed by atoms with Gasteiger partial charge in [-0.15, -0.1) is 0 Å². The molecule has 4 heterocycles. The van der Waals surface area contributed by atoms with Gasteiger partial charge in [0, 0.05) is 29.6 Å². The van der Waals surface area contributed by atoms with Gasteiger partial charge in [-0.1, -0.05) is 55.9 Å². The molecule has 57 heavy (non-hydrogen) atoms. The Bertz CT molecular complexity index is 2310. The largest absolute Gasteiger partial charge is 0.457 e. The smallest absolute Gasteiger partial charge is 0.412 e. The van der Waals surface area contributed by atoms with E-state index < -0.39 is 49.0 Å². The van der Waals surface area contributed by atoms with Crippen LogP contribution in [-0.2, 0) is 53.3 Å². The summed E-state index contributed by atoms with van der Waals surface area (Å²) in [6, 6.07) is 18.4. The molecule has 2 aromatic heterocycles. The Kier molecular flexibility index (Phi) is 11.1. The predicted molar refractivity (Wildman–Crippen MR) is 219 cm³/mol. The molecule has 2 aliphatic heterocycles. The number of fused-ring (bicyclic) bond motifs is 5. The molecule has 0 spiro atoms. The maximum atomic E-state index is 14.5. The summed E-state index contributed by atoms with van der Waals surface area (Å²) < 4.78 is 24.0. The van der Waals surface area contributed by atoms with E-state index in [2.05, 4.69) is 35.9 Å². The lowest BCUT2D eigenvalue weighted by atomic mass is 9.85. The summed E-state index contributed by atoms with van der Waals surface area (Å²) in [6.07, 6.45) is -1.02. The number of nitrogens with one attached hydrogen (secondary N) is 2. The number of aromatic nitrogens is 2. The summed E-state index contributed by atoms with van der Waals surface area (Å²) in [5.74, 6) is -1.43. The number of pyridine rings is 2. The second kappa shape index (κ2) is 15.4. The monoisotopic (exact) mass is 796 g/mol. The molecule has 4 aromatic rings. The molecule has 302 valence electrons. The van der Waals surface area contributed by atoms with Gasteiger partial charge in [0.25, 0.3) is 5.56 Å². The topological polar surface area (TPSA) is 164 Å². The lowest BCUT2D eigenvalue weighted by Crippen LogP contribution is -2.47. The number of nitrogens with zero attached hydrogens (tertiary/aromatic N) is 2. The standard InChI is InChI=1S/C43H52N4O9Si/c1-10-43(54-34(48)17-14-20-44-39(51)55-41(2,3)4)31-22-33-35-29(23-47(33)37(49)30(31)24-53-38(43)50)36(57(8,9)25-26-15-12-11-13-16-26)28-21-27(18-19-32(28)46-35)45-40(52)56-42(5,6)7/h11-13,15-16,18-19,21-22H,10,14,17,20,23-25H2,1-9H3,(H,44,51)(H,45,52)/t43-/m0/s1. The van der Waals surface area contributed by atoms with Gasteiger partial charge in [-0.05, 0) is 95.4 Å². The quantitative estimate of drug-likeness (QED) is 0.0652. The van der Waals surface area contributed by atoms with Crippen molar-refractivity contribution in [1.82, 2.24) is 14.9 Å². The second-order valence-electron chi connectivity index (χ2n) is 17.3.